The summed E-state index contributed by atoms with van der Waals surface area (Å²) in [7, 11) is 0. The average molecular weight is 428 g/mol. The molecule has 1 N–H and O–H groups in total. The van der Waals surface area contributed by atoms with Gasteiger partial charge in [-0.3, -0.25) is 4.90 Å². The molecule has 0 aliphatic heterocycles. The van der Waals surface area contributed by atoms with Gasteiger partial charge in [-0.1, -0.05) is 43.6 Å². The van der Waals surface area contributed by atoms with Crippen LogP contribution in [0.1, 0.15) is 32.0 Å². The van der Waals surface area contributed by atoms with E-state index in [9.17, 15) is 5.11 Å². The van der Waals surface area contributed by atoms with Crippen LogP contribution in [0, 0.1) is 12.8 Å². The standard InChI is InChI=1S/C24H30ClN3O2/c1-17(2)14-27(15-18(3)29)16-23-19(4)26-28(21-8-6-5-7-9-21)24(23)30-22-12-10-20(25)11-13-22/h5-13,17-18,29H,14-16H2,1-4H3/t18-/m1/s1. The van der Waals surface area contributed by atoms with Gasteiger partial charge < -0.3 is 9.84 Å². The summed E-state index contributed by atoms with van der Waals surface area (Å²) in [4.78, 5) is 2.25. The van der Waals surface area contributed by atoms with Gasteiger partial charge in [0.05, 0.1) is 23.0 Å². The number of aromatic nitrogens is 2. The topological polar surface area (TPSA) is 50.5 Å². The molecule has 0 aliphatic rings. The lowest BCUT2D eigenvalue weighted by Gasteiger charge is -2.26. The molecule has 1 aromatic heterocycles. The number of aryl methyl sites for hydroxylation is 1. The molecule has 3 aromatic rings. The fourth-order valence-electron chi connectivity index (χ4n) is 3.50. The normalized spacial score (nSPS) is 12.5. The van der Waals surface area contributed by atoms with Crippen LogP contribution in [0.3, 0.4) is 0 Å². The van der Waals surface area contributed by atoms with E-state index in [-0.39, 0.29) is 0 Å². The van der Waals surface area contributed by atoms with Crippen molar-refractivity contribution in [2.75, 3.05) is 13.1 Å². The van der Waals surface area contributed by atoms with Crippen LogP contribution in [0.15, 0.2) is 54.6 Å². The monoisotopic (exact) mass is 427 g/mol. The van der Waals surface area contributed by atoms with Crippen molar-refractivity contribution in [1.29, 1.82) is 0 Å². The first-order valence-electron chi connectivity index (χ1n) is 10.3. The summed E-state index contributed by atoms with van der Waals surface area (Å²) < 4.78 is 8.18. The maximum Gasteiger partial charge on any atom is 0.227 e. The average Bonchev–Trinajstić information content (AvgIpc) is 2.99. The Morgan fingerprint density at radius 3 is 2.30 bits per heavy atom. The molecular formula is C24H30ClN3O2. The van der Waals surface area contributed by atoms with Crippen LogP contribution in [0.25, 0.3) is 5.69 Å². The third-order valence-corrected chi connectivity index (χ3v) is 4.95. The minimum absolute atomic E-state index is 0.408. The van der Waals surface area contributed by atoms with Gasteiger partial charge in [-0.2, -0.15) is 5.10 Å². The molecule has 0 saturated carbocycles. The lowest BCUT2D eigenvalue weighted by molar-refractivity contribution is 0.114. The zero-order valence-electron chi connectivity index (χ0n) is 18.0. The molecule has 3 rings (SSSR count). The van der Waals surface area contributed by atoms with E-state index in [0.717, 1.165) is 23.5 Å². The molecular weight excluding hydrogens is 398 g/mol. The van der Waals surface area contributed by atoms with Crippen LogP contribution < -0.4 is 4.74 Å². The molecule has 0 spiro atoms. The zero-order chi connectivity index (χ0) is 21.7. The molecule has 0 saturated heterocycles. The van der Waals surface area contributed by atoms with E-state index in [2.05, 4.69) is 18.7 Å². The summed E-state index contributed by atoms with van der Waals surface area (Å²) >= 11 is 6.04. The third kappa shape index (κ3) is 5.85. The van der Waals surface area contributed by atoms with Gasteiger partial charge in [0.1, 0.15) is 5.75 Å². The van der Waals surface area contributed by atoms with E-state index in [1.165, 1.54) is 0 Å². The highest BCUT2D eigenvalue weighted by molar-refractivity contribution is 6.30. The van der Waals surface area contributed by atoms with Gasteiger partial charge in [0.25, 0.3) is 0 Å². The van der Waals surface area contributed by atoms with Crippen LogP contribution in [0.5, 0.6) is 11.6 Å². The van der Waals surface area contributed by atoms with Gasteiger partial charge in [0.15, 0.2) is 0 Å². The second kappa shape index (κ2) is 10.1. The van der Waals surface area contributed by atoms with Crippen LogP contribution in [0.2, 0.25) is 5.02 Å². The van der Waals surface area contributed by atoms with Gasteiger partial charge in [-0.15, -0.1) is 0 Å². The maximum absolute atomic E-state index is 9.99. The quantitative estimate of drug-likeness (QED) is 0.492. The van der Waals surface area contributed by atoms with Crippen LogP contribution in [-0.2, 0) is 6.54 Å². The first-order chi connectivity index (χ1) is 14.3. The molecule has 0 amide bonds. The Hall–Kier alpha value is -2.34. The maximum atomic E-state index is 9.99. The molecule has 2 aromatic carbocycles. The van der Waals surface area contributed by atoms with Crippen molar-refractivity contribution in [2.45, 2.75) is 40.3 Å². The number of hydrogen-bond acceptors (Lipinski definition) is 4. The molecule has 0 aliphatic carbocycles. The predicted molar refractivity (Wildman–Crippen MR) is 122 cm³/mol. The van der Waals surface area contributed by atoms with Crippen molar-refractivity contribution in [3.05, 3.63) is 70.9 Å². The summed E-state index contributed by atoms with van der Waals surface area (Å²) in [6.07, 6.45) is -0.408. The first kappa shape index (κ1) is 22.3. The number of ether oxygens (including phenoxy) is 1. The van der Waals surface area contributed by atoms with E-state index in [1.54, 1.807) is 0 Å². The van der Waals surface area contributed by atoms with Crippen molar-refractivity contribution in [3.8, 4) is 17.3 Å². The van der Waals surface area contributed by atoms with Gasteiger partial charge in [-0.05, 0) is 56.2 Å². The lowest BCUT2D eigenvalue weighted by Crippen LogP contribution is -2.33. The van der Waals surface area contributed by atoms with Crippen molar-refractivity contribution < 1.29 is 9.84 Å². The van der Waals surface area contributed by atoms with E-state index in [1.807, 2.05) is 73.1 Å². The number of benzene rings is 2. The number of nitrogens with zero attached hydrogens (tertiary/aromatic N) is 3. The van der Waals surface area contributed by atoms with Crippen LogP contribution >= 0.6 is 11.6 Å². The summed E-state index contributed by atoms with van der Waals surface area (Å²) in [5.74, 6) is 1.86. The van der Waals surface area contributed by atoms with E-state index in [4.69, 9.17) is 21.4 Å². The number of aliphatic hydroxyl groups excluding tert-OH is 1. The number of aliphatic hydroxyl groups is 1. The van der Waals surface area contributed by atoms with Crippen LogP contribution in [0.4, 0.5) is 0 Å². The second-order valence-electron chi connectivity index (χ2n) is 8.11. The van der Waals surface area contributed by atoms with Gasteiger partial charge in [0.2, 0.25) is 5.88 Å². The summed E-state index contributed by atoms with van der Waals surface area (Å²) in [5, 5.41) is 15.4. The number of rotatable bonds is 9. The number of halogens is 1. The molecule has 0 unspecified atom stereocenters. The third-order valence-electron chi connectivity index (χ3n) is 4.69. The Bertz CT molecular complexity index is 927. The van der Waals surface area contributed by atoms with Crippen LogP contribution in [-0.4, -0.2) is 39.0 Å². The fraction of sp³-hybridized carbons (Fsp3) is 0.375. The minimum atomic E-state index is -0.408. The summed E-state index contributed by atoms with van der Waals surface area (Å²) in [6.45, 7) is 10.3. The van der Waals surface area contributed by atoms with E-state index in [0.29, 0.717) is 35.7 Å². The number of para-hydroxylation sites is 1. The Morgan fingerprint density at radius 1 is 1.03 bits per heavy atom. The molecule has 0 fully saturated rings. The summed E-state index contributed by atoms with van der Waals surface area (Å²) in [6, 6.07) is 17.3. The molecule has 1 heterocycles. The Kier molecular flexibility index (Phi) is 7.53. The Morgan fingerprint density at radius 2 is 1.70 bits per heavy atom. The molecule has 1 atom stereocenters. The highest BCUT2D eigenvalue weighted by Gasteiger charge is 2.22. The summed E-state index contributed by atoms with van der Waals surface area (Å²) in [5.41, 5.74) is 2.85. The molecule has 0 radical (unpaired) electrons. The molecule has 30 heavy (non-hydrogen) atoms. The largest absolute Gasteiger partial charge is 0.439 e. The smallest absolute Gasteiger partial charge is 0.227 e. The Balaban J connectivity index is 2.02. The van der Waals surface area contributed by atoms with E-state index < -0.39 is 6.10 Å². The first-order valence-corrected chi connectivity index (χ1v) is 10.7. The molecule has 0 bridgehead atoms. The fourth-order valence-corrected chi connectivity index (χ4v) is 3.63. The Labute approximate surface area is 183 Å². The zero-order valence-corrected chi connectivity index (χ0v) is 18.8. The van der Waals surface area contributed by atoms with E-state index >= 15 is 0 Å². The van der Waals surface area contributed by atoms with Gasteiger partial charge in [0, 0.05) is 24.7 Å². The number of hydrogen-bond donors (Lipinski definition) is 1. The van der Waals surface area contributed by atoms with Gasteiger partial charge >= 0.3 is 0 Å². The van der Waals surface area contributed by atoms with Gasteiger partial charge in [-0.25, -0.2) is 4.68 Å². The van der Waals surface area contributed by atoms with Crippen molar-refractivity contribution in [2.24, 2.45) is 5.92 Å². The molecule has 6 heteroatoms. The molecule has 5 nitrogen and oxygen atoms in total. The minimum Gasteiger partial charge on any atom is -0.439 e. The van der Waals surface area contributed by atoms with Crippen molar-refractivity contribution in [1.82, 2.24) is 14.7 Å². The lowest BCUT2D eigenvalue weighted by atomic mass is 10.1. The second-order valence-corrected chi connectivity index (χ2v) is 8.55. The molecule has 160 valence electrons. The van der Waals surface area contributed by atoms with Crippen molar-refractivity contribution in [3.63, 3.8) is 0 Å². The van der Waals surface area contributed by atoms with Crippen molar-refractivity contribution >= 4 is 11.6 Å². The predicted octanol–water partition coefficient (Wildman–Crippen LogP) is 5.47. The SMILES string of the molecule is Cc1nn(-c2ccccc2)c(Oc2ccc(Cl)cc2)c1CN(CC(C)C)C[C@@H](C)O. The highest BCUT2D eigenvalue weighted by Crippen LogP contribution is 2.32. The highest BCUT2D eigenvalue weighted by atomic mass is 35.5.